The Hall–Kier alpha value is -3.78. The molecule has 0 aliphatic rings. The molecule has 194 valence electrons. The van der Waals surface area contributed by atoms with Crippen LogP contribution in [0, 0.1) is 0 Å². The van der Waals surface area contributed by atoms with Crippen LogP contribution in [0.4, 0.5) is 0 Å². The summed E-state index contributed by atoms with van der Waals surface area (Å²) >= 11 is 0. The van der Waals surface area contributed by atoms with Crippen LogP contribution < -0.4 is 0 Å². The molecule has 0 aliphatic heterocycles. The molecule has 2 atom stereocenters. The Balaban J connectivity index is 1.75. The lowest BCUT2D eigenvalue weighted by Crippen LogP contribution is -2.48. The zero-order valence-electron chi connectivity index (χ0n) is 20.7. The van der Waals surface area contributed by atoms with Crippen molar-refractivity contribution in [3.05, 3.63) is 120 Å². The minimum Gasteiger partial charge on any atom is -0.461 e. The number of aliphatic hydroxyl groups excluding tert-OH is 1. The van der Waals surface area contributed by atoms with Gasteiger partial charge in [-0.25, -0.2) is 4.79 Å². The molecule has 7 nitrogen and oxygen atoms in total. The molecule has 0 bridgehead atoms. The predicted molar refractivity (Wildman–Crippen MR) is 138 cm³/mol. The fraction of sp³-hybridized carbons (Fsp3) is 0.267. The molecule has 1 N–H and O–H groups in total. The van der Waals surface area contributed by atoms with Crippen molar-refractivity contribution in [2.45, 2.75) is 44.6 Å². The van der Waals surface area contributed by atoms with Gasteiger partial charge in [-0.15, -0.1) is 6.58 Å². The van der Waals surface area contributed by atoms with E-state index in [-0.39, 0.29) is 32.8 Å². The second-order valence-electron chi connectivity index (χ2n) is 8.43. The molecule has 3 rings (SSSR count). The predicted octanol–water partition coefficient (Wildman–Crippen LogP) is 4.73. The summed E-state index contributed by atoms with van der Waals surface area (Å²) in [6.07, 6.45) is -0.795. The van der Waals surface area contributed by atoms with E-state index in [1.54, 1.807) is 0 Å². The van der Waals surface area contributed by atoms with Gasteiger partial charge in [-0.2, -0.15) is 0 Å². The first-order valence-electron chi connectivity index (χ1n) is 12.0. The van der Waals surface area contributed by atoms with Crippen molar-refractivity contribution in [3.63, 3.8) is 0 Å². The smallest absolute Gasteiger partial charge is 0.339 e. The monoisotopic (exact) mass is 504 g/mol. The van der Waals surface area contributed by atoms with E-state index in [4.69, 9.17) is 18.9 Å². The summed E-state index contributed by atoms with van der Waals surface area (Å²) in [5, 5.41) is 10.7. The van der Waals surface area contributed by atoms with Crippen molar-refractivity contribution in [2.75, 3.05) is 6.61 Å². The molecule has 37 heavy (non-hydrogen) atoms. The largest absolute Gasteiger partial charge is 0.461 e. The standard InChI is InChI=1S/C30H32O7/c1-2-18-37-30(29(33)36-23-26-16-10-5-11-17-26,19-27(31)34-21-24-12-6-3-7-13-24)20-28(32)35-22-25-14-8-4-9-15-25/h2-17,27,31H,1,18-23H2. The average Bonchev–Trinajstić information content (AvgIpc) is 2.94. The Morgan fingerprint density at radius 2 is 1.27 bits per heavy atom. The van der Waals surface area contributed by atoms with Crippen LogP contribution in [0.15, 0.2) is 104 Å². The molecule has 0 fully saturated rings. The van der Waals surface area contributed by atoms with Crippen LogP contribution in [0.2, 0.25) is 0 Å². The molecular weight excluding hydrogens is 472 g/mol. The van der Waals surface area contributed by atoms with Gasteiger partial charge in [-0.05, 0) is 16.7 Å². The van der Waals surface area contributed by atoms with Crippen molar-refractivity contribution < 1.29 is 33.6 Å². The van der Waals surface area contributed by atoms with Gasteiger partial charge in [0.25, 0.3) is 0 Å². The van der Waals surface area contributed by atoms with E-state index in [1.165, 1.54) is 6.08 Å². The molecule has 3 aromatic rings. The van der Waals surface area contributed by atoms with E-state index in [0.717, 1.165) is 16.7 Å². The quantitative estimate of drug-likeness (QED) is 0.182. The van der Waals surface area contributed by atoms with Gasteiger partial charge in [-0.1, -0.05) is 97.1 Å². The summed E-state index contributed by atoms with van der Waals surface area (Å²) in [7, 11) is 0. The second-order valence-corrected chi connectivity index (χ2v) is 8.43. The first-order valence-corrected chi connectivity index (χ1v) is 12.0. The number of carbonyl (C=O) groups is 2. The van der Waals surface area contributed by atoms with Crippen LogP contribution in [0.5, 0.6) is 0 Å². The van der Waals surface area contributed by atoms with Crippen LogP contribution in [0.1, 0.15) is 29.5 Å². The summed E-state index contributed by atoms with van der Waals surface area (Å²) in [6, 6.07) is 27.6. The van der Waals surface area contributed by atoms with Gasteiger partial charge in [0.2, 0.25) is 0 Å². The third-order valence-corrected chi connectivity index (χ3v) is 5.52. The summed E-state index contributed by atoms with van der Waals surface area (Å²) in [6.45, 7) is 3.69. The van der Waals surface area contributed by atoms with Gasteiger partial charge in [0.1, 0.15) is 13.2 Å². The zero-order chi connectivity index (χ0) is 26.3. The van der Waals surface area contributed by atoms with Crippen LogP contribution in [0.25, 0.3) is 0 Å². The highest BCUT2D eigenvalue weighted by molar-refractivity contribution is 5.86. The Morgan fingerprint density at radius 3 is 1.78 bits per heavy atom. The fourth-order valence-electron chi connectivity index (χ4n) is 3.60. The maximum Gasteiger partial charge on any atom is 0.339 e. The molecule has 0 saturated heterocycles. The maximum absolute atomic E-state index is 13.4. The first-order chi connectivity index (χ1) is 18.0. The van der Waals surface area contributed by atoms with Gasteiger partial charge < -0.3 is 24.1 Å². The molecule has 0 saturated carbocycles. The van der Waals surface area contributed by atoms with Crippen LogP contribution in [-0.4, -0.2) is 35.5 Å². The molecular formula is C30H32O7. The Kier molecular flexibility index (Phi) is 11.0. The van der Waals surface area contributed by atoms with Crippen LogP contribution in [-0.2, 0) is 48.4 Å². The number of aliphatic hydroxyl groups is 1. The molecule has 2 unspecified atom stereocenters. The maximum atomic E-state index is 13.4. The number of benzene rings is 3. The summed E-state index contributed by atoms with van der Waals surface area (Å²) < 4.78 is 22.4. The molecule has 0 spiro atoms. The third kappa shape index (κ3) is 9.31. The molecule has 3 aromatic carbocycles. The van der Waals surface area contributed by atoms with Crippen LogP contribution >= 0.6 is 0 Å². The Bertz CT molecular complexity index is 1100. The van der Waals surface area contributed by atoms with Gasteiger partial charge in [0, 0.05) is 6.42 Å². The van der Waals surface area contributed by atoms with E-state index >= 15 is 0 Å². The highest BCUT2D eigenvalue weighted by Gasteiger charge is 2.46. The average molecular weight is 505 g/mol. The molecule has 0 aliphatic carbocycles. The SMILES string of the molecule is C=CCOC(CC(=O)OCc1ccccc1)(CC(O)OCc1ccccc1)C(=O)OCc1ccccc1. The lowest BCUT2D eigenvalue weighted by molar-refractivity contribution is -0.199. The molecule has 0 radical (unpaired) electrons. The van der Waals surface area contributed by atoms with Gasteiger partial charge in [0.15, 0.2) is 11.9 Å². The zero-order valence-corrected chi connectivity index (χ0v) is 20.7. The second kappa shape index (κ2) is 14.7. The van der Waals surface area contributed by atoms with E-state index in [0.29, 0.717) is 0 Å². The summed E-state index contributed by atoms with van der Waals surface area (Å²) in [5.41, 5.74) is 0.549. The topological polar surface area (TPSA) is 91.3 Å². The van der Waals surface area contributed by atoms with E-state index in [9.17, 15) is 14.7 Å². The van der Waals surface area contributed by atoms with Crippen molar-refractivity contribution in [1.82, 2.24) is 0 Å². The number of esters is 2. The van der Waals surface area contributed by atoms with E-state index in [2.05, 4.69) is 6.58 Å². The van der Waals surface area contributed by atoms with E-state index in [1.807, 2.05) is 91.0 Å². The molecule has 0 heterocycles. The lowest BCUT2D eigenvalue weighted by Gasteiger charge is -2.32. The summed E-state index contributed by atoms with van der Waals surface area (Å²) in [5.74, 6) is -1.49. The molecule has 0 aromatic heterocycles. The molecule has 0 amide bonds. The Labute approximate surface area is 217 Å². The Morgan fingerprint density at radius 1 is 0.784 bits per heavy atom. The normalized spacial score (nSPS) is 13.2. The minimum absolute atomic E-state index is 0.0289. The van der Waals surface area contributed by atoms with E-state index < -0.39 is 30.3 Å². The first kappa shape index (κ1) is 27.8. The highest BCUT2D eigenvalue weighted by atomic mass is 16.6. The van der Waals surface area contributed by atoms with Gasteiger partial charge >= 0.3 is 11.9 Å². The summed E-state index contributed by atoms with van der Waals surface area (Å²) in [4.78, 5) is 26.3. The lowest BCUT2D eigenvalue weighted by atomic mass is 9.94. The highest BCUT2D eigenvalue weighted by Crippen LogP contribution is 2.28. The number of hydrogen-bond donors (Lipinski definition) is 1. The van der Waals surface area contributed by atoms with Crippen molar-refractivity contribution >= 4 is 11.9 Å². The number of hydrogen-bond acceptors (Lipinski definition) is 7. The van der Waals surface area contributed by atoms with Crippen LogP contribution in [0.3, 0.4) is 0 Å². The fourth-order valence-corrected chi connectivity index (χ4v) is 3.60. The third-order valence-electron chi connectivity index (χ3n) is 5.52. The minimum atomic E-state index is -1.85. The van der Waals surface area contributed by atoms with Crippen molar-refractivity contribution in [1.29, 1.82) is 0 Å². The van der Waals surface area contributed by atoms with Gasteiger partial charge in [-0.3, -0.25) is 4.79 Å². The number of carbonyl (C=O) groups excluding carboxylic acids is 2. The van der Waals surface area contributed by atoms with Crippen molar-refractivity contribution in [2.24, 2.45) is 0 Å². The number of rotatable bonds is 15. The van der Waals surface area contributed by atoms with Crippen molar-refractivity contribution in [3.8, 4) is 0 Å². The molecule has 7 heteroatoms. The number of ether oxygens (including phenoxy) is 4. The van der Waals surface area contributed by atoms with Gasteiger partial charge in [0.05, 0.1) is 19.6 Å².